The van der Waals surface area contributed by atoms with Crippen molar-refractivity contribution in [2.45, 2.75) is 13.5 Å². The molecular formula is C18H24ClN5O2. The van der Waals surface area contributed by atoms with Gasteiger partial charge in [0.2, 0.25) is 5.91 Å². The fourth-order valence-corrected chi connectivity index (χ4v) is 3.22. The molecule has 8 heteroatoms. The third-order valence-electron chi connectivity index (χ3n) is 4.49. The van der Waals surface area contributed by atoms with E-state index in [9.17, 15) is 4.79 Å². The zero-order chi connectivity index (χ0) is 18.5. The summed E-state index contributed by atoms with van der Waals surface area (Å²) >= 11 is 6.14. The van der Waals surface area contributed by atoms with Crippen LogP contribution in [0.5, 0.6) is 0 Å². The summed E-state index contributed by atoms with van der Waals surface area (Å²) in [5.74, 6) is 1.66. The van der Waals surface area contributed by atoms with E-state index in [1.54, 1.807) is 14.0 Å². The Morgan fingerprint density at radius 3 is 2.73 bits per heavy atom. The van der Waals surface area contributed by atoms with Crippen LogP contribution in [0.1, 0.15) is 12.7 Å². The van der Waals surface area contributed by atoms with Crippen molar-refractivity contribution in [3.63, 3.8) is 0 Å². The molecule has 3 rings (SSSR count). The molecule has 26 heavy (non-hydrogen) atoms. The van der Waals surface area contributed by atoms with Crippen molar-refractivity contribution in [3.8, 4) is 0 Å². The number of carbonyl (C=O) groups excluding carboxylic acids is 1. The Hall–Kier alpha value is -1.96. The predicted octanol–water partition coefficient (Wildman–Crippen LogP) is 2.01. The first-order chi connectivity index (χ1) is 12.6. The second kappa shape index (κ2) is 8.62. The van der Waals surface area contributed by atoms with Crippen LogP contribution >= 0.6 is 11.6 Å². The lowest BCUT2D eigenvalue weighted by molar-refractivity contribution is -0.130. The molecule has 1 amide bonds. The molecule has 1 aromatic heterocycles. The van der Waals surface area contributed by atoms with Crippen LogP contribution in [0.25, 0.3) is 10.9 Å². The number of methoxy groups -OCH3 is 1. The number of benzene rings is 1. The maximum atomic E-state index is 11.5. The van der Waals surface area contributed by atoms with Crippen LogP contribution in [0, 0.1) is 0 Å². The van der Waals surface area contributed by atoms with Gasteiger partial charge in [-0.2, -0.15) is 0 Å². The highest BCUT2D eigenvalue weighted by atomic mass is 35.5. The van der Waals surface area contributed by atoms with Gasteiger partial charge in [0.05, 0.1) is 18.7 Å². The number of rotatable bonds is 6. The summed E-state index contributed by atoms with van der Waals surface area (Å²) in [5, 5.41) is 4.87. The molecule has 0 spiro atoms. The van der Waals surface area contributed by atoms with Crippen molar-refractivity contribution in [2.24, 2.45) is 0 Å². The van der Waals surface area contributed by atoms with Crippen molar-refractivity contribution in [1.29, 1.82) is 0 Å². The Labute approximate surface area is 158 Å². The first-order valence-electron chi connectivity index (χ1n) is 8.73. The van der Waals surface area contributed by atoms with Gasteiger partial charge >= 0.3 is 0 Å². The zero-order valence-corrected chi connectivity index (χ0v) is 15.9. The summed E-state index contributed by atoms with van der Waals surface area (Å²) in [6.45, 7) is 6.67. The van der Waals surface area contributed by atoms with E-state index < -0.39 is 0 Å². The van der Waals surface area contributed by atoms with E-state index in [0.717, 1.165) is 48.7 Å². The molecule has 2 aromatic rings. The lowest BCUT2D eigenvalue weighted by atomic mass is 10.2. The molecule has 0 aliphatic carbocycles. The van der Waals surface area contributed by atoms with E-state index in [4.69, 9.17) is 26.3 Å². The maximum absolute atomic E-state index is 11.5. The molecule has 7 nitrogen and oxygen atoms in total. The van der Waals surface area contributed by atoms with Crippen molar-refractivity contribution < 1.29 is 9.53 Å². The Bertz CT molecular complexity index is 778. The zero-order valence-electron chi connectivity index (χ0n) is 15.2. The largest absolute Gasteiger partial charge is 0.383 e. The van der Waals surface area contributed by atoms with Crippen LogP contribution in [0.4, 0.5) is 5.82 Å². The van der Waals surface area contributed by atoms with Gasteiger partial charge in [0, 0.05) is 57.2 Å². The van der Waals surface area contributed by atoms with E-state index in [1.165, 1.54) is 0 Å². The number of anilines is 1. The Kier molecular flexibility index (Phi) is 6.24. The topological polar surface area (TPSA) is 70.6 Å². The number of hydrogen-bond acceptors (Lipinski definition) is 6. The molecule has 1 saturated heterocycles. The standard InChI is InChI=1S/C18H24ClN5O2/c1-13(25)24-8-6-23(7-9-24)12-17-21-16-4-3-14(19)11-15(16)18(22-17)20-5-10-26-2/h3-4,11H,5-10,12H2,1-2H3,(H,20,21,22). The third kappa shape index (κ3) is 4.60. The van der Waals surface area contributed by atoms with Crippen LogP contribution in [-0.4, -0.2) is 72.1 Å². The molecule has 1 aliphatic heterocycles. The average Bonchev–Trinajstić information content (AvgIpc) is 2.63. The third-order valence-corrected chi connectivity index (χ3v) is 4.72. The summed E-state index contributed by atoms with van der Waals surface area (Å²) in [6, 6.07) is 5.63. The van der Waals surface area contributed by atoms with Gasteiger partial charge in [0.1, 0.15) is 11.6 Å². The molecule has 0 atom stereocenters. The fraction of sp³-hybridized carbons (Fsp3) is 0.500. The highest BCUT2D eigenvalue weighted by Gasteiger charge is 2.20. The number of fused-ring (bicyclic) bond motifs is 1. The Balaban J connectivity index is 1.78. The second-order valence-corrected chi connectivity index (χ2v) is 6.79. The highest BCUT2D eigenvalue weighted by molar-refractivity contribution is 6.31. The van der Waals surface area contributed by atoms with E-state index in [-0.39, 0.29) is 5.91 Å². The summed E-state index contributed by atoms with van der Waals surface area (Å²) < 4.78 is 5.11. The molecule has 140 valence electrons. The lowest BCUT2D eigenvalue weighted by Gasteiger charge is -2.33. The van der Waals surface area contributed by atoms with Gasteiger partial charge in [-0.3, -0.25) is 9.69 Å². The van der Waals surface area contributed by atoms with E-state index in [2.05, 4.69) is 10.2 Å². The van der Waals surface area contributed by atoms with Crippen LogP contribution in [0.3, 0.4) is 0 Å². The first-order valence-corrected chi connectivity index (χ1v) is 9.11. The van der Waals surface area contributed by atoms with Crippen molar-refractivity contribution >= 4 is 34.2 Å². The molecule has 0 unspecified atom stereocenters. The van der Waals surface area contributed by atoms with Crippen molar-refractivity contribution in [3.05, 3.63) is 29.0 Å². The van der Waals surface area contributed by atoms with Crippen molar-refractivity contribution in [1.82, 2.24) is 19.8 Å². The minimum Gasteiger partial charge on any atom is -0.383 e. The second-order valence-electron chi connectivity index (χ2n) is 6.35. The highest BCUT2D eigenvalue weighted by Crippen LogP contribution is 2.24. The molecule has 0 bridgehead atoms. The van der Waals surface area contributed by atoms with Crippen LogP contribution in [0.15, 0.2) is 18.2 Å². The monoisotopic (exact) mass is 377 g/mol. The van der Waals surface area contributed by atoms with Crippen LogP contribution in [-0.2, 0) is 16.1 Å². The summed E-state index contributed by atoms with van der Waals surface area (Å²) in [6.07, 6.45) is 0. The molecule has 1 N–H and O–H groups in total. The summed E-state index contributed by atoms with van der Waals surface area (Å²) in [4.78, 5) is 25.0. The maximum Gasteiger partial charge on any atom is 0.219 e. The normalized spacial score (nSPS) is 15.4. The molecule has 0 radical (unpaired) electrons. The quantitative estimate of drug-likeness (QED) is 0.776. The molecule has 1 aromatic carbocycles. The van der Waals surface area contributed by atoms with Gasteiger partial charge in [0.25, 0.3) is 0 Å². The number of halogens is 1. The number of hydrogen-bond donors (Lipinski definition) is 1. The molecule has 2 heterocycles. The van der Waals surface area contributed by atoms with Crippen molar-refractivity contribution in [2.75, 3.05) is 51.8 Å². The number of ether oxygens (including phenoxy) is 1. The molecular weight excluding hydrogens is 354 g/mol. The Morgan fingerprint density at radius 1 is 1.27 bits per heavy atom. The fourth-order valence-electron chi connectivity index (χ4n) is 3.05. The van der Waals surface area contributed by atoms with E-state index in [1.807, 2.05) is 23.1 Å². The smallest absolute Gasteiger partial charge is 0.219 e. The SMILES string of the molecule is COCCNc1nc(CN2CCN(C(C)=O)CC2)nc2ccc(Cl)cc12. The number of aromatic nitrogens is 2. The van der Waals surface area contributed by atoms with Gasteiger partial charge < -0.3 is 15.0 Å². The van der Waals surface area contributed by atoms with Gasteiger partial charge in [-0.05, 0) is 18.2 Å². The summed E-state index contributed by atoms with van der Waals surface area (Å²) in [7, 11) is 1.67. The molecule has 1 aliphatic rings. The predicted molar refractivity (Wildman–Crippen MR) is 102 cm³/mol. The number of nitrogens with zero attached hydrogens (tertiary/aromatic N) is 4. The molecule has 1 fully saturated rings. The van der Waals surface area contributed by atoms with Gasteiger partial charge in [0.15, 0.2) is 0 Å². The number of piperazine rings is 1. The number of nitrogens with one attached hydrogen (secondary N) is 1. The van der Waals surface area contributed by atoms with E-state index in [0.29, 0.717) is 24.7 Å². The Morgan fingerprint density at radius 2 is 2.04 bits per heavy atom. The lowest BCUT2D eigenvalue weighted by Crippen LogP contribution is -2.47. The van der Waals surface area contributed by atoms with Crippen LogP contribution in [0.2, 0.25) is 5.02 Å². The van der Waals surface area contributed by atoms with Gasteiger partial charge in [-0.1, -0.05) is 11.6 Å². The van der Waals surface area contributed by atoms with E-state index >= 15 is 0 Å². The first kappa shape index (κ1) is 18.8. The number of amides is 1. The average molecular weight is 378 g/mol. The van der Waals surface area contributed by atoms with Crippen LogP contribution < -0.4 is 5.32 Å². The summed E-state index contributed by atoms with van der Waals surface area (Å²) in [5.41, 5.74) is 0.863. The van der Waals surface area contributed by atoms with Gasteiger partial charge in [-0.15, -0.1) is 0 Å². The minimum absolute atomic E-state index is 0.133. The minimum atomic E-state index is 0.133. The van der Waals surface area contributed by atoms with Gasteiger partial charge in [-0.25, -0.2) is 9.97 Å². The number of carbonyl (C=O) groups is 1. The molecule has 0 saturated carbocycles.